The van der Waals surface area contributed by atoms with E-state index >= 15 is 0 Å². The highest BCUT2D eigenvalue weighted by Gasteiger charge is 1.97. The summed E-state index contributed by atoms with van der Waals surface area (Å²) in [7, 11) is 0. The minimum atomic E-state index is 0.593. The number of nitrogens with zero attached hydrogens (tertiary/aromatic N) is 2. The Bertz CT molecular complexity index is 345. The van der Waals surface area contributed by atoms with Gasteiger partial charge < -0.3 is 5.73 Å². The molecule has 0 spiro atoms. The van der Waals surface area contributed by atoms with Gasteiger partial charge in [-0.3, -0.25) is 0 Å². The molecule has 0 radical (unpaired) electrons. The fraction of sp³-hybridized carbons (Fsp3) is 0.100. The molecule has 68 valence electrons. The number of anilines is 1. The van der Waals surface area contributed by atoms with E-state index in [9.17, 15) is 0 Å². The van der Waals surface area contributed by atoms with E-state index in [4.69, 9.17) is 5.73 Å². The van der Waals surface area contributed by atoms with Gasteiger partial charge in [0.2, 0.25) is 0 Å². The quantitative estimate of drug-likeness (QED) is 0.715. The van der Waals surface area contributed by atoms with E-state index in [1.807, 2.05) is 31.2 Å². The van der Waals surface area contributed by atoms with Gasteiger partial charge in [0.1, 0.15) is 5.82 Å². The first-order valence-electron chi connectivity index (χ1n) is 4.04. The molecule has 1 heterocycles. The van der Waals surface area contributed by atoms with E-state index < -0.39 is 0 Å². The van der Waals surface area contributed by atoms with Gasteiger partial charge in [0.25, 0.3) is 0 Å². The zero-order valence-electron chi connectivity index (χ0n) is 7.64. The van der Waals surface area contributed by atoms with Crippen LogP contribution in [0.3, 0.4) is 0 Å². The lowest BCUT2D eigenvalue weighted by molar-refractivity contribution is 0.923. The van der Waals surface area contributed by atoms with Crippen LogP contribution in [0.4, 0.5) is 5.82 Å². The summed E-state index contributed by atoms with van der Waals surface area (Å²) in [4.78, 5) is 0. The maximum absolute atomic E-state index is 5.63. The number of rotatable bonds is 3. The molecule has 0 aliphatic carbocycles. The second-order valence-electron chi connectivity index (χ2n) is 2.54. The van der Waals surface area contributed by atoms with E-state index in [-0.39, 0.29) is 0 Å². The van der Waals surface area contributed by atoms with Crippen molar-refractivity contribution in [1.29, 1.82) is 0 Å². The Labute approximate surface area is 77.9 Å². The SMILES string of the molecule is C=C(/C=C\C=C/C)n1nccc1N. The van der Waals surface area contributed by atoms with Crippen LogP contribution in [-0.4, -0.2) is 9.78 Å². The van der Waals surface area contributed by atoms with Crippen molar-refractivity contribution in [2.45, 2.75) is 6.92 Å². The Balaban J connectivity index is 2.75. The maximum Gasteiger partial charge on any atom is 0.127 e. The molecule has 0 saturated carbocycles. The molecule has 0 aromatic carbocycles. The minimum absolute atomic E-state index is 0.593. The van der Waals surface area contributed by atoms with Crippen molar-refractivity contribution >= 4 is 11.5 Å². The molecule has 3 nitrogen and oxygen atoms in total. The highest BCUT2D eigenvalue weighted by atomic mass is 15.3. The topological polar surface area (TPSA) is 43.8 Å². The molecule has 2 N–H and O–H groups in total. The molecule has 1 aromatic rings. The second-order valence-corrected chi connectivity index (χ2v) is 2.54. The molecule has 0 aliphatic rings. The first-order valence-corrected chi connectivity index (χ1v) is 4.04. The molecule has 0 aliphatic heterocycles. The van der Waals surface area contributed by atoms with Crippen LogP contribution in [0, 0.1) is 0 Å². The molecular formula is C10H13N3. The Morgan fingerprint density at radius 3 is 2.92 bits per heavy atom. The van der Waals surface area contributed by atoms with Crippen molar-refractivity contribution in [1.82, 2.24) is 9.78 Å². The number of nitrogens with two attached hydrogens (primary N) is 1. The van der Waals surface area contributed by atoms with Crippen molar-refractivity contribution < 1.29 is 0 Å². The van der Waals surface area contributed by atoms with E-state index in [1.54, 1.807) is 16.9 Å². The summed E-state index contributed by atoms with van der Waals surface area (Å²) in [6.45, 7) is 5.78. The van der Waals surface area contributed by atoms with Gasteiger partial charge in [0.05, 0.1) is 11.9 Å². The number of nitrogen functional groups attached to an aromatic ring is 1. The summed E-state index contributed by atoms with van der Waals surface area (Å²) >= 11 is 0. The molecule has 0 saturated heterocycles. The largest absolute Gasteiger partial charge is 0.384 e. The van der Waals surface area contributed by atoms with Crippen molar-refractivity contribution in [2.24, 2.45) is 0 Å². The summed E-state index contributed by atoms with van der Waals surface area (Å²) in [6, 6.07) is 1.73. The van der Waals surface area contributed by atoms with Crippen LogP contribution in [-0.2, 0) is 0 Å². The standard InChI is InChI=1S/C10H13N3/c1-3-4-5-6-9(2)13-10(11)7-8-12-13/h3-8H,2,11H2,1H3/b4-3-,6-5-. The normalized spacial score (nSPS) is 11.5. The molecule has 0 unspecified atom stereocenters. The van der Waals surface area contributed by atoms with Crippen molar-refractivity contribution in [2.75, 3.05) is 5.73 Å². The smallest absolute Gasteiger partial charge is 0.127 e. The summed E-state index contributed by atoms with van der Waals surface area (Å²) in [5, 5.41) is 4.01. The summed E-state index contributed by atoms with van der Waals surface area (Å²) in [5.41, 5.74) is 6.38. The summed E-state index contributed by atoms with van der Waals surface area (Å²) in [5.74, 6) is 0.593. The second kappa shape index (κ2) is 4.30. The van der Waals surface area contributed by atoms with E-state index in [2.05, 4.69) is 11.7 Å². The van der Waals surface area contributed by atoms with Crippen LogP contribution in [0.15, 0.2) is 43.1 Å². The maximum atomic E-state index is 5.63. The average molecular weight is 175 g/mol. The molecule has 1 rings (SSSR count). The first kappa shape index (κ1) is 9.32. The van der Waals surface area contributed by atoms with E-state index in [0.717, 1.165) is 5.70 Å². The van der Waals surface area contributed by atoms with Gasteiger partial charge in [-0.25, -0.2) is 4.68 Å². The van der Waals surface area contributed by atoms with E-state index in [0.29, 0.717) is 5.82 Å². The fourth-order valence-corrected chi connectivity index (χ4v) is 0.902. The molecule has 13 heavy (non-hydrogen) atoms. The van der Waals surface area contributed by atoms with Gasteiger partial charge in [-0.15, -0.1) is 0 Å². The number of hydrogen-bond acceptors (Lipinski definition) is 2. The van der Waals surface area contributed by atoms with Crippen LogP contribution in [0.25, 0.3) is 5.70 Å². The molecule has 0 atom stereocenters. The molecule has 0 amide bonds. The van der Waals surface area contributed by atoms with Crippen molar-refractivity contribution in [3.8, 4) is 0 Å². The van der Waals surface area contributed by atoms with Gasteiger partial charge >= 0.3 is 0 Å². The number of allylic oxidation sites excluding steroid dienone is 5. The van der Waals surface area contributed by atoms with E-state index in [1.165, 1.54) is 0 Å². The van der Waals surface area contributed by atoms with Gasteiger partial charge in [-0.2, -0.15) is 5.10 Å². The lowest BCUT2D eigenvalue weighted by atomic mass is 10.4. The lowest BCUT2D eigenvalue weighted by Gasteiger charge is -2.01. The highest BCUT2D eigenvalue weighted by Crippen LogP contribution is 2.08. The third kappa shape index (κ3) is 2.33. The molecule has 3 heteroatoms. The Morgan fingerprint density at radius 2 is 2.38 bits per heavy atom. The highest BCUT2D eigenvalue weighted by molar-refractivity contribution is 5.58. The fourth-order valence-electron chi connectivity index (χ4n) is 0.902. The average Bonchev–Trinajstić information content (AvgIpc) is 2.52. The monoisotopic (exact) mass is 175 g/mol. The van der Waals surface area contributed by atoms with Crippen molar-refractivity contribution in [3.63, 3.8) is 0 Å². The zero-order chi connectivity index (χ0) is 9.68. The predicted molar refractivity (Wildman–Crippen MR) is 55.9 cm³/mol. The Kier molecular flexibility index (Phi) is 3.09. The molecule has 1 aromatic heterocycles. The molecular weight excluding hydrogens is 162 g/mol. The first-order chi connectivity index (χ1) is 6.25. The third-order valence-corrected chi connectivity index (χ3v) is 1.54. The van der Waals surface area contributed by atoms with Gasteiger partial charge in [-0.05, 0) is 13.0 Å². The Hall–Kier alpha value is -1.77. The number of aromatic nitrogens is 2. The lowest BCUT2D eigenvalue weighted by Crippen LogP contribution is -2.00. The minimum Gasteiger partial charge on any atom is -0.384 e. The number of hydrogen-bond donors (Lipinski definition) is 1. The molecule has 0 bridgehead atoms. The van der Waals surface area contributed by atoms with Crippen LogP contribution in [0.5, 0.6) is 0 Å². The predicted octanol–water partition coefficient (Wildman–Crippen LogP) is 2.07. The van der Waals surface area contributed by atoms with Crippen LogP contribution in [0.2, 0.25) is 0 Å². The van der Waals surface area contributed by atoms with Crippen molar-refractivity contribution in [3.05, 3.63) is 43.1 Å². The van der Waals surface area contributed by atoms with Crippen LogP contribution in [0.1, 0.15) is 6.92 Å². The zero-order valence-corrected chi connectivity index (χ0v) is 7.64. The molecule has 0 fully saturated rings. The van der Waals surface area contributed by atoms with Crippen LogP contribution < -0.4 is 5.73 Å². The van der Waals surface area contributed by atoms with Gasteiger partial charge in [-0.1, -0.05) is 24.8 Å². The summed E-state index contributed by atoms with van der Waals surface area (Å²) < 4.78 is 1.58. The van der Waals surface area contributed by atoms with Crippen LogP contribution >= 0.6 is 0 Å². The summed E-state index contributed by atoms with van der Waals surface area (Å²) in [6.07, 6.45) is 9.25. The van der Waals surface area contributed by atoms with Gasteiger partial charge in [0, 0.05) is 6.07 Å². The third-order valence-electron chi connectivity index (χ3n) is 1.54. The Morgan fingerprint density at radius 1 is 1.62 bits per heavy atom. The van der Waals surface area contributed by atoms with Gasteiger partial charge in [0.15, 0.2) is 0 Å².